The van der Waals surface area contributed by atoms with Crippen molar-refractivity contribution in [1.29, 1.82) is 0 Å². The van der Waals surface area contributed by atoms with E-state index in [2.05, 4.69) is 34.7 Å². The highest BCUT2D eigenvalue weighted by Crippen LogP contribution is 2.15. The number of aliphatic imine (C=N–C) groups is 1. The summed E-state index contributed by atoms with van der Waals surface area (Å²) in [5, 5.41) is 6.47. The zero-order valence-corrected chi connectivity index (χ0v) is 17.8. The second kappa shape index (κ2) is 16.6. The Hall–Kier alpha value is -0.900. The van der Waals surface area contributed by atoms with Gasteiger partial charge in [-0.15, -0.1) is 24.0 Å². The molecular formula is C18H32IN3O3. The highest BCUT2D eigenvalue weighted by molar-refractivity contribution is 14.0. The van der Waals surface area contributed by atoms with Gasteiger partial charge in [-0.05, 0) is 18.9 Å². The first kappa shape index (κ1) is 24.1. The normalized spacial score (nSPS) is 12.4. The zero-order chi connectivity index (χ0) is 17.5. The molecule has 0 aromatic heterocycles. The molecule has 1 aromatic rings. The summed E-state index contributed by atoms with van der Waals surface area (Å²) in [6.45, 7) is 6.17. The van der Waals surface area contributed by atoms with Gasteiger partial charge < -0.3 is 24.8 Å². The molecular weight excluding hydrogens is 433 g/mol. The molecule has 0 bridgehead atoms. The molecule has 0 saturated carbocycles. The SMILES string of the molecule is CN=C(NCCCOC(C)c1ccccc1)NCCOCCOC.I. The molecule has 0 aliphatic rings. The lowest BCUT2D eigenvalue weighted by molar-refractivity contribution is 0.0645. The largest absolute Gasteiger partial charge is 0.382 e. The van der Waals surface area contributed by atoms with Gasteiger partial charge >= 0.3 is 0 Å². The molecule has 0 spiro atoms. The van der Waals surface area contributed by atoms with Gasteiger partial charge in [0.15, 0.2) is 5.96 Å². The molecule has 7 heteroatoms. The van der Waals surface area contributed by atoms with Crippen molar-refractivity contribution in [2.45, 2.75) is 19.4 Å². The number of nitrogens with zero attached hydrogens (tertiary/aromatic N) is 1. The van der Waals surface area contributed by atoms with E-state index in [0.29, 0.717) is 33.0 Å². The van der Waals surface area contributed by atoms with Crippen molar-refractivity contribution in [2.24, 2.45) is 4.99 Å². The van der Waals surface area contributed by atoms with Crippen LogP contribution in [0.15, 0.2) is 35.3 Å². The van der Waals surface area contributed by atoms with Crippen LogP contribution in [0.4, 0.5) is 0 Å². The van der Waals surface area contributed by atoms with E-state index in [1.165, 1.54) is 5.56 Å². The maximum absolute atomic E-state index is 5.85. The molecule has 6 nitrogen and oxygen atoms in total. The molecule has 1 rings (SSSR count). The van der Waals surface area contributed by atoms with Crippen molar-refractivity contribution in [3.05, 3.63) is 35.9 Å². The van der Waals surface area contributed by atoms with Crippen LogP contribution >= 0.6 is 24.0 Å². The molecule has 0 radical (unpaired) electrons. The average molecular weight is 465 g/mol. The Kier molecular flexibility index (Phi) is 16.0. The minimum absolute atomic E-state index is 0. The molecule has 0 fully saturated rings. The van der Waals surface area contributed by atoms with Crippen LogP contribution in [0, 0.1) is 0 Å². The summed E-state index contributed by atoms with van der Waals surface area (Å²) in [5.41, 5.74) is 1.21. The number of rotatable bonds is 12. The maximum Gasteiger partial charge on any atom is 0.191 e. The highest BCUT2D eigenvalue weighted by Gasteiger charge is 2.04. The number of methoxy groups -OCH3 is 1. The molecule has 144 valence electrons. The third-order valence-corrected chi connectivity index (χ3v) is 3.44. The molecule has 1 unspecified atom stereocenters. The monoisotopic (exact) mass is 465 g/mol. The van der Waals surface area contributed by atoms with Gasteiger partial charge in [0.25, 0.3) is 0 Å². The highest BCUT2D eigenvalue weighted by atomic mass is 127. The van der Waals surface area contributed by atoms with Crippen LogP contribution in [-0.4, -0.2) is 59.6 Å². The van der Waals surface area contributed by atoms with Gasteiger partial charge in [0.2, 0.25) is 0 Å². The van der Waals surface area contributed by atoms with Gasteiger partial charge in [-0.1, -0.05) is 30.3 Å². The first-order valence-corrected chi connectivity index (χ1v) is 8.45. The second-order valence-corrected chi connectivity index (χ2v) is 5.31. The first-order chi connectivity index (χ1) is 11.8. The Labute approximate surface area is 168 Å². The van der Waals surface area contributed by atoms with Gasteiger partial charge in [0, 0.05) is 33.9 Å². The number of guanidine groups is 1. The van der Waals surface area contributed by atoms with E-state index < -0.39 is 0 Å². The van der Waals surface area contributed by atoms with Gasteiger partial charge in [-0.2, -0.15) is 0 Å². The van der Waals surface area contributed by atoms with E-state index in [9.17, 15) is 0 Å². The van der Waals surface area contributed by atoms with Crippen LogP contribution in [0.5, 0.6) is 0 Å². The molecule has 1 aromatic carbocycles. The van der Waals surface area contributed by atoms with E-state index in [4.69, 9.17) is 14.2 Å². The smallest absolute Gasteiger partial charge is 0.191 e. The number of hydrogen-bond acceptors (Lipinski definition) is 4. The lowest BCUT2D eigenvalue weighted by Crippen LogP contribution is -2.39. The van der Waals surface area contributed by atoms with E-state index in [1.54, 1.807) is 14.2 Å². The fourth-order valence-electron chi connectivity index (χ4n) is 2.07. The van der Waals surface area contributed by atoms with E-state index >= 15 is 0 Å². The minimum Gasteiger partial charge on any atom is -0.382 e. The van der Waals surface area contributed by atoms with Gasteiger partial charge in [0.05, 0.1) is 25.9 Å². The number of benzene rings is 1. The Morgan fingerprint density at radius 2 is 1.76 bits per heavy atom. The van der Waals surface area contributed by atoms with Crippen molar-refractivity contribution in [3.8, 4) is 0 Å². The van der Waals surface area contributed by atoms with Crippen LogP contribution in [0.3, 0.4) is 0 Å². The average Bonchev–Trinajstić information content (AvgIpc) is 2.63. The summed E-state index contributed by atoms with van der Waals surface area (Å²) < 4.78 is 16.2. The third kappa shape index (κ3) is 12.1. The van der Waals surface area contributed by atoms with Crippen molar-refractivity contribution in [2.75, 3.05) is 53.7 Å². The van der Waals surface area contributed by atoms with Crippen molar-refractivity contribution >= 4 is 29.9 Å². The van der Waals surface area contributed by atoms with Crippen LogP contribution in [-0.2, 0) is 14.2 Å². The number of nitrogens with one attached hydrogen (secondary N) is 2. The fraction of sp³-hybridized carbons (Fsp3) is 0.611. The summed E-state index contributed by atoms with van der Waals surface area (Å²) in [6.07, 6.45) is 1.04. The molecule has 2 N–H and O–H groups in total. The van der Waals surface area contributed by atoms with E-state index in [1.807, 2.05) is 18.2 Å². The lowest BCUT2D eigenvalue weighted by Gasteiger charge is -2.15. The standard InChI is InChI=1S/C18H31N3O3.HI/c1-16(17-8-5-4-6-9-17)24-12-7-10-20-18(19-2)21-11-13-23-15-14-22-3;/h4-6,8-9,16H,7,10-15H2,1-3H3,(H2,19,20,21);1H. The van der Waals surface area contributed by atoms with Crippen molar-refractivity contribution < 1.29 is 14.2 Å². The van der Waals surface area contributed by atoms with Gasteiger partial charge in [-0.25, -0.2) is 0 Å². The predicted octanol–water partition coefficient (Wildman–Crippen LogP) is 2.60. The molecule has 1 atom stereocenters. The van der Waals surface area contributed by atoms with Crippen LogP contribution in [0.25, 0.3) is 0 Å². The van der Waals surface area contributed by atoms with E-state index in [0.717, 1.165) is 18.9 Å². The minimum atomic E-state index is 0. The molecule has 0 aliphatic heterocycles. The Bertz CT molecular complexity index is 446. The molecule has 0 heterocycles. The topological polar surface area (TPSA) is 64.1 Å². The summed E-state index contributed by atoms with van der Waals surface area (Å²) in [6, 6.07) is 10.3. The summed E-state index contributed by atoms with van der Waals surface area (Å²) in [7, 11) is 3.42. The quantitative estimate of drug-likeness (QED) is 0.215. The second-order valence-electron chi connectivity index (χ2n) is 5.31. The molecule has 0 amide bonds. The predicted molar refractivity (Wildman–Crippen MR) is 113 cm³/mol. The first-order valence-electron chi connectivity index (χ1n) is 8.45. The number of hydrogen-bond donors (Lipinski definition) is 2. The van der Waals surface area contributed by atoms with Crippen LogP contribution < -0.4 is 10.6 Å². The third-order valence-electron chi connectivity index (χ3n) is 3.44. The summed E-state index contributed by atoms with van der Waals surface area (Å²) in [4.78, 5) is 4.18. The summed E-state index contributed by atoms with van der Waals surface area (Å²) in [5.74, 6) is 0.779. The van der Waals surface area contributed by atoms with Crippen LogP contribution in [0.1, 0.15) is 25.0 Å². The number of halogens is 1. The zero-order valence-electron chi connectivity index (χ0n) is 15.5. The maximum atomic E-state index is 5.85. The van der Waals surface area contributed by atoms with Crippen LogP contribution in [0.2, 0.25) is 0 Å². The van der Waals surface area contributed by atoms with Crippen molar-refractivity contribution in [1.82, 2.24) is 10.6 Å². The Balaban J connectivity index is 0.00000576. The molecule has 0 aliphatic carbocycles. The molecule has 25 heavy (non-hydrogen) atoms. The number of ether oxygens (including phenoxy) is 3. The van der Waals surface area contributed by atoms with Crippen molar-refractivity contribution in [3.63, 3.8) is 0 Å². The lowest BCUT2D eigenvalue weighted by atomic mass is 10.1. The van der Waals surface area contributed by atoms with Gasteiger partial charge in [0.1, 0.15) is 0 Å². The summed E-state index contributed by atoms with van der Waals surface area (Å²) >= 11 is 0. The van der Waals surface area contributed by atoms with Gasteiger partial charge in [-0.3, -0.25) is 4.99 Å². The Morgan fingerprint density at radius 3 is 2.44 bits per heavy atom. The fourth-order valence-corrected chi connectivity index (χ4v) is 2.07. The Morgan fingerprint density at radius 1 is 1.04 bits per heavy atom. The molecule has 0 saturated heterocycles. The van der Waals surface area contributed by atoms with E-state index in [-0.39, 0.29) is 30.1 Å².